The molecule has 1 saturated carbocycles. The van der Waals surface area contributed by atoms with Crippen LogP contribution in [-0.2, 0) is 4.79 Å². The molecule has 0 spiro atoms. The minimum absolute atomic E-state index is 0.00826. The van der Waals surface area contributed by atoms with Crippen molar-refractivity contribution >= 4 is 50.0 Å². The first-order chi connectivity index (χ1) is 16.6. The molecule has 1 saturated heterocycles. The molecule has 0 bridgehead atoms. The van der Waals surface area contributed by atoms with Crippen LogP contribution in [0.1, 0.15) is 31.4 Å². The van der Waals surface area contributed by atoms with E-state index < -0.39 is 0 Å². The number of hydrogen-bond donors (Lipinski definition) is 1. The molecular weight excluding hydrogens is 468 g/mol. The first-order valence-electron chi connectivity index (χ1n) is 11.7. The number of fused-ring (bicyclic) bond motifs is 2. The highest BCUT2D eigenvalue weighted by Crippen LogP contribution is 2.39. The lowest BCUT2D eigenvalue weighted by atomic mass is 10.3. The van der Waals surface area contributed by atoms with Crippen molar-refractivity contribution in [2.45, 2.75) is 35.7 Å². The van der Waals surface area contributed by atoms with Gasteiger partial charge in [0.25, 0.3) is 0 Å². The topological polar surface area (TPSA) is 91.5 Å². The quantitative estimate of drug-likeness (QED) is 0.418. The summed E-state index contributed by atoms with van der Waals surface area (Å²) in [6, 6.07) is 10.1. The normalized spacial score (nSPS) is 17.6. The lowest BCUT2D eigenvalue weighted by Gasteiger charge is -2.33. The molecule has 4 heterocycles. The summed E-state index contributed by atoms with van der Waals surface area (Å²) in [4.78, 5) is 22.8. The van der Waals surface area contributed by atoms with Gasteiger partial charge in [-0.2, -0.15) is 9.61 Å². The number of carbonyl (C=O) groups excluding carboxylic acids is 1. The van der Waals surface area contributed by atoms with Crippen LogP contribution in [0.4, 0.5) is 5.13 Å². The van der Waals surface area contributed by atoms with E-state index >= 15 is 0 Å². The van der Waals surface area contributed by atoms with Gasteiger partial charge in [0, 0.05) is 37.0 Å². The van der Waals surface area contributed by atoms with Gasteiger partial charge in [-0.1, -0.05) is 18.3 Å². The molecule has 0 atom stereocenters. The van der Waals surface area contributed by atoms with Crippen LogP contribution in [0.25, 0.3) is 15.9 Å². The van der Waals surface area contributed by atoms with Gasteiger partial charge in [0.15, 0.2) is 10.8 Å². The van der Waals surface area contributed by atoms with E-state index in [2.05, 4.69) is 49.4 Å². The molecule has 1 aromatic carbocycles. The van der Waals surface area contributed by atoms with E-state index in [1.165, 1.54) is 35.9 Å². The van der Waals surface area contributed by atoms with E-state index in [-0.39, 0.29) is 5.91 Å². The Kier molecular flexibility index (Phi) is 5.94. The Labute approximate surface area is 205 Å². The second-order valence-corrected chi connectivity index (χ2v) is 10.9. The van der Waals surface area contributed by atoms with Gasteiger partial charge in [-0.05, 0) is 61.5 Å². The fraction of sp³-hybridized carbons (Fsp3) is 0.435. The van der Waals surface area contributed by atoms with Gasteiger partial charge in [-0.3, -0.25) is 9.69 Å². The number of likely N-dealkylation sites (N-methyl/N-ethyl adjacent to an activating group) is 1. The molecule has 11 heteroatoms. The van der Waals surface area contributed by atoms with E-state index in [4.69, 9.17) is 5.10 Å². The summed E-state index contributed by atoms with van der Waals surface area (Å²) in [6.07, 6.45) is 2.42. The van der Waals surface area contributed by atoms with Gasteiger partial charge in [-0.15, -0.1) is 10.2 Å². The fourth-order valence-corrected chi connectivity index (χ4v) is 6.02. The van der Waals surface area contributed by atoms with Crippen LogP contribution in [0.2, 0.25) is 0 Å². The largest absolute Gasteiger partial charge is 0.301 e. The molecule has 1 aliphatic heterocycles. The molecule has 1 N–H and O–H groups in total. The molecule has 0 radical (unpaired) electrons. The number of hydrogen-bond acceptors (Lipinski definition) is 9. The van der Waals surface area contributed by atoms with Crippen molar-refractivity contribution in [1.82, 2.24) is 34.6 Å². The van der Waals surface area contributed by atoms with Crippen LogP contribution in [-0.4, -0.2) is 79.8 Å². The van der Waals surface area contributed by atoms with Gasteiger partial charge < -0.3 is 10.2 Å². The third kappa shape index (κ3) is 4.65. The highest BCUT2D eigenvalue weighted by Gasteiger charge is 2.26. The molecule has 6 rings (SSSR count). The number of aromatic nitrogens is 5. The molecule has 3 aromatic heterocycles. The molecule has 9 nitrogen and oxygen atoms in total. The summed E-state index contributed by atoms with van der Waals surface area (Å²) < 4.78 is 2.86. The number of carbonyl (C=O) groups is 1. The Balaban J connectivity index is 1.13. The van der Waals surface area contributed by atoms with Gasteiger partial charge in [0.05, 0.1) is 22.5 Å². The van der Waals surface area contributed by atoms with Crippen molar-refractivity contribution in [1.29, 1.82) is 0 Å². The van der Waals surface area contributed by atoms with Crippen LogP contribution < -0.4 is 5.32 Å². The molecule has 2 aliphatic rings. The SMILES string of the molecule is CCN1CCN(CC(=O)Nc2nc3ccc(Sc4nnc5ccc(C6CC6)nn45)cc3s2)CC1. The molecule has 1 amide bonds. The number of piperazine rings is 1. The Morgan fingerprint density at radius 3 is 2.74 bits per heavy atom. The number of nitrogens with one attached hydrogen (secondary N) is 1. The second-order valence-electron chi connectivity index (χ2n) is 8.79. The van der Waals surface area contributed by atoms with Crippen molar-refractivity contribution in [3.05, 3.63) is 36.0 Å². The average Bonchev–Trinajstić information content (AvgIpc) is 3.51. The molecular formula is C23H26N8OS2. The Hall–Kier alpha value is -2.60. The molecule has 0 unspecified atom stereocenters. The summed E-state index contributed by atoms with van der Waals surface area (Å²) in [5.74, 6) is 0.568. The van der Waals surface area contributed by atoms with E-state index in [9.17, 15) is 4.79 Å². The predicted molar refractivity (Wildman–Crippen MR) is 134 cm³/mol. The summed E-state index contributed by atoms with van der Waals surface area (Å²) in [7, 11) is 0. The fourth-order valence-electron chi connectivity index (χ4n) is 4.20. The maximum atomic E-state index is 12.6. The van der Waals surface area contributed by atoms with Gasteiger partial charge >= 0.3 is 0 Å². The Morgan fingerprint density at radius 2 is 1.94 bits per heavy atom. The van der Waals surface area contributed by atoms with E-state index in [1.807, 2.05) is 22.7 Å². The molecule has 34 heavy (non-hydrogen) atoms. The third-order valence-electron chi connectivity index (χ3n) is 6.35. The average molecular weight is 495 g/mol. The second kappa shape index (κ2) is 9.21. The number of anilines is 1. The van der Waals surface area contributed by atoms with Gasteiger partial charge in [0.1, 0.15) is 0 Å². The Morgan fingerprint density at radius 1 is 1.12 bits per heavy atom. The zero-order valence-electron chi connectivity index (χ0n) is 19.0. The first-order valence-corrected chi connectivity index (χ1v) is 13.3. The van der Waals surface area contributed by atoms with Crippen molar-refractivity contribution in [3.8, 4) is 0 Å². The van der Waals surface area contributed by atoms with Gasteiger partial charge in [0.2, 0.25) is 11.1 Å². The molecule has 1 aliphatic carbocycles. The summed E-state index contributed by atoms with van der Waals surface area (Å²) in [5, 5.41) is 17.7. The number of amides is 1. The van der Waals surface area contributed by atoms with Crippen LogP contribution >= 0.6 is 23.1 Å². The maximum Gasteiger partial charge on any atom is 0.240 e. The highest BCUT2D eigenvalue weighted by atomic mass is 32.2. The van der Waals surface area contributed by atoms with E-state index in [0.717, 1.165) is 64.3 Å². The number of thiazole rings is 1. The standard InChI is InChI=1S/C23H26N8OS2/c1-2-29-9-11-30(12-10-29)14-21(32)25-22-24-18-6-5-16(13-19(18)34-22)33-23-27-26-20-8-7-17(15-3-4-15)28-31(20)23/h5-8,13,15H,2-4,9-12,14H2,1H3,(H,24,25,32). The lowest BCUT2D eigenvalue weighted by molar-refractivity contribution is -0.117. The van der Waals surface area contributed by atoms with Crippen LogP contribution in [0.3, 0.4) is 0 Å². The van der Waals surface area contributed by atoms with Crippen molar-refractivity contribution < 1.29 is 4.79 Å². The third-order valence-corrected chi connectivity index (χ3v) is 8.21. The van der Waals surface area contributed by atoms with Crippen LogP contribution in [0.5, 0.6) is 0 Å². The zero-order chi connectivity index (χ0) is 23.1. The summed E-state index contributed by atoms with van der Waals surface area (Å²) >= 11 is 3.03. The minimum atomic E-state index is -0.00826. The Bertz CT molecular complexity index is 1340. The van der Waals surface area contributed by atoms with E-state index in [0.29, 0.717) is 17.6 Å². The van der Waals surface area contributed by atoms with Crippen LogP contribution in [0.15, 0.2) is 40.4 Å². The highest BCUT2D eigenvalue weighted by molar-refractivity contribution is 7.99. The zero-order valence-corrected chi connectivity index (χ0v) is 20.6. The minimum Gasteiger partial charge on any atom is -0.301 e. The van der Waals surface area contributed by atoms with Crippen LogP contribution in [0, 0.1) is 0 Å². The maximum absolute atomic E-state index is 12.6. The van der Waals surface area contributed by atoms with Gasteiger partial charge in [-0.25, -0.2) is 4.98 Å². The predicted octanol–water partition coefficient (Wildman–Crippen LogP) is 3.34. The van der Waals surface area contributed by atoms with Crippen molar-refractivity contribution in [3.63, 3.8) is 0 Å². The first kappa shape index (κ1) is 21.9. The molecule has 176 valence electrons. The monoisotopic (exact) mass is 494 g/mol. The summed E-state index contributed by atoms with van der Waals surface area (Å²) in [6.45, 7) is 7.54. The molecule has 4 aromatic rings. The number of benzene rings is 1. The number of rotatable bonds is 7. The molecule has 2 fully saturated rings. The van der Waals surface area contributed by atoms with E-state index in [1.54, 1.807) is 0 Å². The summed E-state index contributed by atoms with van der Waals surface area (Å²) in [5.41, 5.74) is 2.74. The lowest BCUT2D eigenvalue weighted by Crippen LogP contribution is -2.48. The smallest absolute Gasteiger partial charge is 0.240 e. The van der Waals surface area contributed by atoms with Crippen molar-refractivity contribution in [2.24, 2.45) is 0 Å². The van der Waals surface area contributed by atoms with Crippen molar-refractivity contribution in [2.75, 3.05) is 44.6 Å². The number of nitrogens with zero attached hydrogens (tertiary/aromatic N) is 7.